The smallest absolute Gasteiger partial charge is 0.128 e. The second kappa shape index (κ2) is 6.64. The summed E-state index contributed by atoms with van der Waals surface area (Å²) in [5, 5.41) is 4.42. The van der Waals surface area contributed by atoms with Gasteiger partial charge in [-0.15, -0.1) is 0 Å². The first-order chi connectivity index (χ1) is 9.11. The summed E-state index contributed by atoms with van der Waals surface area (Å²) in [7, 11) is 0. The summed E-state index contributed by atoms with van der Waals surface area (Å²) in [5.74, 6) is 0.969. The van der Waals surface area contributed by atoms with Gasteiger partial charge in [0.15, 0.2) is 0 Å². The zero-order valence-corrected chi connectivity index (χ0v) is 13.6. The average Bonchev–Trinajstić information content (AvgIpc) is 2.76. The molecule has 3 nitrogen and oxygen atoms in total. The summed E-state index contributed by atoms with van der Waals surface area (Å²) in [6.07, 6.45) is 4.85. The number of imidazole rings is 1. The van der Waals surface area contributed by atoms with Gasteiger partial charge in [-0.1, -0.05) is 46.1 Å². The molecule has 0 saturated heterocycles. The standard InChI is InChI=1S/C13H14BrCl2N3/c1-2-4-19-5-3-17-12(19)8-18-13-10(15)6-9(14)7-11(13)16/h3,5-7,18H,2,4,8H2,1H3. The lowest BCUT2D eigenvalue weighted by Gasteiger charge is -2.12. The molecule has 0 fully saturated rings. The third-order valence-electron chi connectivity index (χ3n) is 2.70. The normalized spacial score (nSPS) is 10.7. The number of hydrogen-bond acceptors (Lipinski definition) is 2. The molecule has 0 aliphatic carbocycles. The van der Waals surface area contributed by atoms with Crippen molar-refractivity contribution in [3.05, 3.63) is 44.9 Å². The summed E-state index contributed by atoms with van der Waals surface area (Å²) in [5.41, 5.74) is 0.734. The fraction of sp³-hybridized carbons (Fsp3) is 0.308. The number of benzene rings is 1. The van der Waals surface area contributed by atoms with Gasteiger partial charge < -0.3 is 9.88 Å². The molecule has 0 unspecified atom stereocenters. The first kappa shape index (κ1) is 14.7. The van der Waals surface area contributed by atoms with Gasteiger partial charge in [0.1, 0.15) is 5.82 Å². The number of hydrogen-bond donors (Lipinski definition) is 1. The molecule has 6 heteroatoms. The third kappa shape index (κ3) is 3.65. The molecule has 0 amide bonds. The second-order valence-electron chi connectivity index (χ2n) is 4.13. The van der Waals surface area contributed by atoms with Crippen LogP contribution in [-0.2, 0) is 13.1 Å². The third-order valence-corrected chi connectivity index (χ3v) is 3.75. The molecular formula is C13H14BrCl2N3. The molecule has 2 aromatic rings. The van der Waals surface area contributed by atoms with Gasteiger partial charge >= 0.3 is 0 Å². The number of nitrogens with zero attached hydrogens (tertiary/aromatic N) is 2. The van der Waals surface area contributed by atoms with Crippen molar-refractivity contribution in [3.8, 4) is 0 Å². The van der Waals surface area contributed by atoms with Crippen LogP contribution in [0.15, 0.2) is 29.0 Å². The summed E-state index contributed by atoms with van der Waals surface area (Å²) >= 11 is 15.7. The highest BCUT2D eigenvalue weighted by Crippen LogP contribution is 2.33. The predicted octanol–water partition coefficient (Wildman–Crippen LogP) is 4.97. The molecule has 0 spiro atoms. The van der Waals surface area contributed by atoms with Crippen LogP contribution < -0.4 is 5.32 Å². The van der Waals surface area contributed by atoms with Crippen LogP contribution in [0.5, 0.6) is 0 Å². The Bertz CT molecular complexity index is 546. The molecule has 1 aromatic carbocycles. The maximum atomic E-state index is 6.17. The average molecular weight is 363 g/mol. The molecule has 102 valence electrons. The molecule has 0 bridgehead atoms. The molecule has 2 rings (SSSR count). The molecule has 0 aliphatic heterocycles. The lowest BCUT2D eigenvalue weighted by Crippen LogP contribution is -2.08. The van der Waals surface area contributed by atoms with E-state index >= 15 is 0 Å². The number of aryl methyl sites for hydroxylation is 1. The molecule has 1 N–H and O–H groups in total. The summed E-state index contributed by atoms with van der Waals surface area (Å²) in [6.45, 7) is 3.69. The van der Waals surface area contributed by atoms with E-state index in [-0.39, 0.29) is 0 Å². The Labute approximate surface area is 131 Å². The Balaban J connectivity index is 2.12. The van der Waals surface area contributed by atoms with E-state index in [2.05, 4.69) is 37.7 Å². The minimum absolute atomic E-state index is 0.591. The van der Waals surface area contributed by atoms with Crippen molar-refractivity contribution in [2.24, 2.45) is 0 Å². The highest BCUT2D eigenvalue weighted by molar-refractivity contribution is 9.10. The van der Waals surface area contributed by atoms with Gasteiger partial charge in [0, 0.05) is 23.4 Å². The van der Waals surface area contributed by atoms with Crippen molar-refractivity contribution in [1.82, 2.24) is 9.55 Å². The Morgan fingerprint density at radius 2 is 2.00 bits per heavy atom. The molecule has 0 aliphatic rings. The predicted molar refractivity (Wildman–Crippen MR) is 84.0 cm³/mol. The van der Waals surface area contributed by atoms with Crippen molar-refractivity contribution in [2.75, 3.05) is 5.32 Å². The van der Waals surface area contributed by atoms with Crippen LogP contribution in [0.2, 0.25) is 10.0 Å². The highest BCUT2D eigenvalue weighted by atomic mass is 79.9. The van der Waals surface area contributed by atoms with Gasteiger partial charge in [0.25, 0.3) is 0 Å². The number of nitrogens with one attached hydrogen (secondary N) is 1. The summed E-state index contributed by atoms with van der Waals surface area (Å²) in [6, 6.07) is 3.63. The first-order valence-electron chi connectivity index (χ1n) is 6.00. The van der Waals surface area contributed by atoms with Crippen LogP contribution in [0.25, 0.3) is 0 Å². The molecular weight excluding hydrogens is 349 g/mol. The number of aromatic nitrogens is 2. The van der Waals surface area contributed by atoms with Gasteiger partial charge in [0.2, 0.25) is 0 Å². The monoisotopic (exact) mass is 361 g/mol. The molecule has 1 aromatic heterocycles. The van der Waals surface area contributed by atoms with Crippen LogP contribution in [0, 0.1) is 0 Å². The van der Waals surface area contributed by atoms with Crippen LogP contribution in [0.1, 0.15) is 19.2 Å². The number of halogens is 3. The van der Waals surface area contributed by atoms with Crippen molar-refractivity contribution >= 4 is 44.8 Å². The van der Waals surface area contributed by atoms with Gasteiger partial charge in [-0.2, -0.15) is 0 Å². The highest BCUT2D eigenvalue weighted by Gasteiger charge is 2.09. The lowest BCUT2D eigenvalue weighted by atomic mass is 10.3. The molecule has 0 saturated carbocycles. The Hall–Kier alpha value is -0.710. The van der Waals surface area contributed by atoms with Crippen LogP contribution >= 0.6 is 39.1 Å². The minimum Gasteiger partial charge on any atom is -0.375 e. The largest absolute Gasteiger partial charge is 0.375 e. The number of rotatable bonds is 5. The summed E-state index contributed by atoms with van der Waals surface area (Å²) < 4.78 is 2.98. The fourth-order valence-corrected chi connectivity index (χ4v) is 3.17. The van der Waals surface area contributed by atoms with Gasteiger partial charge in [-0.05, 0) is 18.6 Å². The molecule has 0 radical (unpaired) electrons. The fourth-order valence-electron chi connectivity index (χ4n) is 1.83. The van der Waals surface area contributed by atoms with Crippen molar-refractivity contribution in [3.63, 3.8) is 0 Å². The Kier molecular flexibility index (Phi) is 5.13. The van der Waals surface area contributed by atoms with E-state index in [1.807, 2.05) is 18.3 Å². The van der Waals surface area contributed by atoms with Crippen molar-refractivity contribution in [2.45, 2.75) is 26.4 Å². The minimum atomic E-state index is 0.591. The second-order valence-corrected chi connectivity index (χ2v) is 5.86. The molecule has 1 heterocycles. The maximum Gasteiger partial charge on any atom is 0.128 e. The Morgan fingerprint density at radius 1 is 1.32 bits per heavy atom. The van der Waals surface area contributed by atoms with E-state index in [0.717, 1.165) is 29.0 Å². The van der Waals surface area contributed by atoms with Gasteiger partial charge in [-0.3, -0.25) is 0 Å². The molecule has 0 atom stereocenters. The van der Waals surface area contributed by atoms with E-state index in [4.69, 9.17) is 23.2 Å². The number of anilines is 1. The van der Waals surface area contributed by atoms with Gasteiger partial charge in [0.05, 0.1) is 22.3 Å². The van der Waals surface area contributed by atoms with Crippen molar-refractivity contribution < 1.29 is 0 Å². The quantitative estimate of drug-likeness (QED) is 0.813. The van der Waals surface area contributed by atoms with E-state index in [9.17, 15) is 0 Å². The zero-order chi connectivity index (χ0) is 13.8. The first-order valence-corrected chi connectivity index (χ1v) is 7.55. The van der Waals surface area contributed by atoms with E-state index in [0.29, 0.717) is 16.6 Å². The van der Waals surface area contributed by atoms with Gasteiger partial charge in [-0.25, -0.2) is 4.98 Å². The van der Waals surface area contributed by atoms with Crippen LogP contribution in [0.3, 0.4) is 0 Å². The van der Waals surface area contributed by atoms with E-state index in [1.54, 1.807) is 6.20 Å². The lowest BCUT2D eigenvalue weighted by molar-refractivity contribution is 0.644. The van der Waals surface area contributed by atoms with Crippen LogP contribution in [-0.4, -0.2) is 9.55 Å². The molecule has 19 heavy (non-hydrogen) atoms. The topological polar surface area (TPSA) is 29.9 Å². The van der Waals surface area contributed by atoms with Crippen molar-refractivity contribution in [1.29, 1.82) is 0 Å². The van der Waals surface area contributed by atoms with Crippen LogP contribution in [0.4, 0.5) is 5.69 Å². The maximum absolute atomic E-state index is 6.17. The summed E-state index contributed by atoms with van der Waals surface area (Å²) in [4.78, 5) is 4.33. The zero-order valence-electron chi connectivity index (χ0n) is 10.5. The van der Waals surface area contributed by atoms with E-state index < -0.39 is 0 Å². The SMILES string of the molecule is CCCn1ccnc1CNc1c(Cl)cc(Br)cc1Cl. The Morgan fingerprint density at radius 3 is 2.63 bits per heavy atom. The van der Waals surface area contributed by atoms with E-state index in [1.165, 1.54) is 0 Å².